The maximum Gasteiger partial charge on any atom is 0.220 e. The van der Waals surface area contributed by atoms with Gasteiger partial charge in [-0.2, -0.15) is 0 Å². The summed E-state index contributed by atoms with van der Waals surface area (Å²) in [7, 11) is 0. The van der Waals surface area contributed by atoms with Gasteiger partial charge in [0.15, 0.2) is 44.0 Å². The Labute approximate surface area is 759 Å². The molecule has 0 radical (unpaired) electrons. The highest BCUT2D eigenvalue weighted by Gasteiger charge is 2.61. The van der Waals surface area contributed by atoms with Gasteiger partial charge in [0.25, 0.3) is 0 Å². The molecule has 7 saturated heterocycles. The number of nitrogens with one attached hydrogen (secondary N) is 3. The first-order valence-corrected chi connectivity index (χ1v) is 48.2. The van der Waals surface area contributed by atoms with E-state index in [-0.39, 0.29) is 12.3 Å². The highest BCUT2D eigenvalue weighted by Crippen LogP contribution is 2.41. The molecule has 39 nitrogen and oxygen atoms in total. The summed E-state index contributed by atoms with van der Waals surface area (Å²) in [5.74, 6) is -2.14. The summed E-state index contributed by atoms with van der Waals surface area (Å²) in [6, 6.07) is -4.85. The highest BCUT2D eigenvalue weighted by molar-refractivity contribution is 5.76. The second-order valence-electron chi connectivity index (χ2n) is 36.3. The van der Waals surface area contributed by atoms with Crippen LogP contribution in [-0.4, -0.2) is 381 Å². The van der Waals surface area contributed by atoms with E-state index in [2.05, 4.69) is 29.8 Å². The van der Waals surface area contributed by atoms with Crippen LogP contribution in [0.4, 0.5) is 0 Å². The van der Waals surface area contributed by atoms with Crippen molar-refractivity contribution in [3.05, 3.63) is 12.2 Å². The maximum atomic E-state index is 13.7. The molecule has 7 heterocycles. The molecule has 22 N–H and O–H groups in total. The lowest BCUT2D eigenvalue weighted by Gasteiger charge is -2.53. The summed E-state index contributed by atoms with van der Waals surface area (Å²) in [6.45, 7) is 3.16. The molecule has 7 fully saturated rings. The van der Waals surface area contributed by atoms with Crippen LogP contribution in [0.15, 0.2) is 12.2 Å². The Kier molecular flexibility index (Phi) is 52.9. The van der Waals surface area contributed by atoms with E-state index in [9.17, 15) is 111 Å². The minimum Gasteiger partial charge on any atom is -0.394 e. The third-order valence-electron chi connectivity index (χ3n) is 25.8. The van der Waals surface area contributed by atoms with Crippen LogP contribution >= 0.6 is 0 Å². The molecule has 39 heteroatoms. The SMILES string of the molecule is CCCCCCCCCCCCC/C=C/[C@@H](O)[C@H](CO[C@@H]1OC(CO)[C@@H](O[C@@H]2OC(CO)[C@H](O)[C@H](O[C@@H]3OC(CO)[C@@H](O[C@@H]4OC(CO)[C@H](O)[C@H](O[C@H]5OC(CO)[C@H](O)[C@H](O)C5NC(C)=O)C4O[C@H]4OC(C)[C@@H](O)C(O)[C@@H]4O)[C@H](O[C@H]4OC(C)[C@@H](O)C(O)[C@@H]4O)C3NC(C)=O)C2O)[C@H](O)C1O)NC(=O)CCCCCCCCCCCCCCCCCCCCCCCCC. The van der Waals surface area contributed by atoms with Crippen molar-refractivity contribution < 1.29 is 178 Å². The Morgan fingerprint density at radius 2 is 0.659 bits per heavy atom. The van der Waals surface area contributed by atoms with Crippen LogP contribution in [0.1, 0.15) is 273 Å². The van der Waals surface area contributed by atoms with Crippen LogP contribution in [0.5, 0.6) is 0 Å². The first-order chi connectivity index (χ1) is 62.0. The van der Waals surface area contributed by atoms with Gasteiger partial charge < -0.3 is 179 Å². The number of ether oxygens (including phenoxy) is 14. The van der Waals surface area contributed by atoms with Gasteiger partial charge in [0, 0.05) is 20.3 Å². The zero-order chi connectivity index (χ0) is 94.2. The van der Waals surface area contributed by atoms with E-state index >= 15 is 0 Å². The van der Waals surface area contributed by atoms with Gasteiger partial charge in [-0.25, -0.2) is 0 Å². The van der Waals surface area contributed by atoms with Crippen molar-refractivity contribution in [3.8, 4) is 0 Å². The van der Waals surface area contributed by atoms with Crippen molar-refractivity contribution in [1.29, 1.82) is 0 Å². The molecule has 14 unspecified atom stereocenters. The Morgan fingerprint density at radius 3 is 1.12 bits per heavy atom. The predicted molar refractivity (Wildman–Crippen MR) is 461 cm³/mol. The fourth-order valence-corrected chi connectivity index (χ4v) is 17.9. The van der Waals surface area contributed by atoms with Gasteiger partial charge in [-0.1, -0.05) is 231 Å². The van der Waals surface area contributed by atoms with Gasteiger partial charge in [-0.3, -0.25) is 14.4 Å². The number of unbranched alkanes of at least 4 members (excludes halogenated alkanes) is 33. The number of amides is 3. The fraction of sp³-hybridized carbons (Fsp3) is 0.944. The normalized spacial score (nSPS) is 37.5. The summed E-state index contributed by atoms with van der Waals surface area (Å²) in [6.07, 6.45) is -21.4. The van der Waals surface area contributed by atoms with Crippen LogP contribution in [0.2, 0.25) is 0 Å². The second-order valence-corrected chi connectivity index (χ2v) is 36.3. The molecule has 0 aliphatic carbocycles. The first kappa shape index (κ1) is 113. The van der Waals surface area contributed by atoms with E-state index in [1.807, 2.05) is 6.08 Å². The summed E-state index contributed by atoms with van der Waals surface area (Å²) in [4.78, 5) is 40.1. The maximum absolute atomic E-state index is 13.7. The van der Waals surface area contributed by atoms with E-state index < -0.39 is 278 Å². The molecule has 0 aromatic carbocycles. The summed E-state index contributed by atoms with van der Waals surface area (Å²) in [5, 5.41) is 224. The molecule has 0 aromatic rings. The number of rotatable bonds is 61. The van der Waals surface area contributed by atoms with Gasteiger partial charge in [0.2, 0.25) is 17.7 Å². The molecule has 7 aliphatic rings. The van der Waals surface area contributed by atoms with E-state index in [1.54, 1.807) is 6.08 Å². The lowest BCUT2D eigenvalue weighted by molar-refractivity contribution is -0.409. The van der Waals surface area contributed by atoms with Crippen molar-refractivity contribution in [2.45, 2.75) is 500 Å². The van der Waals surface area contributed by atoms with Crippen LogP contribution in [0.3, 0.4) is 0 Å². The smallest absolute Gasteiger partial charge is 0.220 e. The molecule has 37 atom stereocenters. The average molecular weight is 1860 g/mol. The number of allylic oxidation sites excluding steroid dienone is 1. The Balaban J connectivity index is 1.05. The molecule has 0 saturated carbocycles. The van der Waals surface area contributed by atoms with Crippen LogP contribution in [0.25, 0.3) is 0 Å². The zero-order valence-electron chi connectivity index (χ0n) is 76.7. The number of aliphatic hydroxyl groups is 19. The molecule has 7 aliphatic heterocycles. The number of aliphatic hydroxyl groups excluding tert-OH is 19. The Morgan fingerprint density at radius 1 is 0.318 bits per heavy atom. The van der Waals surface area contributed by atoms with E-state index in [1.165, 1.54) is 174 Å². The van der Waals surface area contributed by atoms with E-state index in [0.717, 1.165) is 65.2 Å². The van der Waals surface area contributed by atoms with Crippen molar-refractivity contribution >= 4 is 17.7 Å². The quantitative estimate of drug-likeness (QED) is 0.0292. The van der Waals surface area contributed by atoms with Crippen molar-refractivity contribution in [1.82, 2.24) is 16.0 Å². The standard InChI is InChI=1S/C90H163N3O36/c1-7-9-11-13-15-17-19-21-22-23-24-25-26-27-28-29-30-32-34-36-38-40-42-44-62(102)93-55(56(101)43-41-39-37-35-33-31-20-18-16-14-12-10-8-2)50-116-86-76(114)73(111)78(60(48-97)123-86)124-89-77(115)81(68(106)58(46-95)120-89)127-85-64(92-54(6)100)80(126-87-74(112)71(109)65(103)51(3)117-87)79(61(49-98)122-85)125-90-83(129-88-75(113)72(110)66(104)52(4)118-88)82(69(107)59(47-96)121-90)128-84-63(91-53(5)99)70(108)67(105)57(45-94)119-84/h41,43,51-52,55-61,63-90,94-98,101,103-115H,7-40,42,44-50H2,1-6H3,(H,91,99)(H,92,100)(H,93,102)/b43-41+/t51?,52?,55-,56+,57?,58?,59?,60?,61?,63?,64?,65+,66+,67-,68-,69-,70+,71?,72?,73+,74-,75-,76?,77?,78+,79+,80+,81-,82-,83?,84+,85-,86+,87+,88+,89-,90-/m0/s1. The fourth-order valence-electron chi connectivity index (χ4n) is 17.9. The number of hydrogen-bond acceptors (Lipinski definition) is 36. The van der Waals surface area contributed by atoms with E-state index in [0.29, 0.717) is 12.8 Å². The summed E-state index contributed by atoms with van der Waals surface area (Å²) >= 11 is 0. The molecular weight excluding hydrogens is 1700 g/mol. The van der Waals surface area contributed by atoms with Crippen LogP contribution in [-0.2, 0) is 80.7 Å². The zero-order valence-corrected chi connectivity index (χ0v) is 76.7. The Hall–Kier alpha value is -3.17. The van der Waals surface area contributed by atoms with Gasteiger partial charge >= 0.3 is 0 Å². The highest BCUT2D eigenvalue weighted by atomic mass is 16.8. The molecular formula is C90H163N3O36. The van der Waals surface area contributed by atoms with Crippen molar-refractivity contribution in [2.24, 2.45) is 0 Å². The lowest BCUT2D eigenvalue weighted by atomic mass is 9.93. The summed E-state index contributed by atoms with van der Waals surface area (Å²) < 4.78 is 86.3. The molecule has 0 spiro atoms. The topological polar surface area (TPSA) is 601 Å². The van der Waals surface area contributed by atoms with Gasteiger partial charge in [-0.15, -0.1) is 0 Å². The van der Waals surface area contributed by atoms with Gasteiger partial charge in [0.1, 0.15) is 159 Å². The summed E-state index contributed by atoms with van der Waals surface area (Å²) in [5.41, 5.74) is 0. The first-order valence-electron chi connectivity index (χ1n) is 48.2. The molecule has 7 rings (SSSR count). The lowest BCUT2D eigenvalue weighted by Crippen LogP contribution is -2.72. The monoisotopic (exact) mass is 1860 g/mol. The average Bonchev–Trinajstić information content (AvgIpc) is 0.753. The molecule has 754 valence electrons. The molecule has 0 aromatic heterocycles. The molecule has 0 bridgehead atoms. The van der Waals surface area contributed by atoms with E-state index in [4.69, 9.17) is 66.3 Å². The minimum absolute atomic E-state index is 0.152. The second kappa shape index (κ2) is 60.5. The number of carbonyl (C=O) groups excluding carboxylic acids is 3. The third kappa shape index (κ3) is 35.0. The third-order valence-corrected chi connectivity index (χ3v) is 25.8. The van der Waals surface area contributed by atoms with Crippen LogP contribution in [0, 0.1) is 0 Å². The predicted octanol–water partition coefficient (Wildman–Crippen LogP) is 0.576. The van der Waals surface area contributed by atoms with Gasteiger partial charge in [0.05, 0.1) is 64.0 Å². The van der Waals surface area contributed by atoms with Crippen molar-refractivity contribution in [3.63, 3.8) is 0 Å². The Bertz CT molecular complexity index is 3040. The number of carbonyl (C=O) groups is 3. The van der Waals surface area contributed by atoms with Crippen molar-refractivity contribution in [2.75, 3.05) is 39.6 Å². The molecule has 3 amide bonds. The van der Waals surface area contributed by atoms with Crippen LogP contribution < -0.4 is 16.0 Å². The largest absolute Gasteiger partial charge is 0.394 e. The van der Waals surface area contributed by atoms with Gasteiger partial charge in [-0.05, 0) is 33.1 Å². The molecule has 129 heavy (non-hydrogen) atoms. The number of hydrogen-bond donors (Lipinski definition) is 22. The minimum atomic E-state index is -2.32.